The molecule has 3 atom stereocenters. The Morgan fingerprint density at radius 2 is 2.18 bits per heavy atom. The van der Waals surface area contributed by atoms with E-state index in [0.29, 0.717) is 13.0 Å². The molecule has 0 N–H and O–H groups in total. The summed E-state index contributed by atoms with van der Waals surface area (Å²) in [5.41, 5.74) is 0. The minimum Gasteiger partial charge on any atom is -0.463 e. The van der Waals surface area contributed by atoms with Gasteiger partial charge in [0.05, 0.1) is 24.7 Å². The van der Waals surface area contributed by atoms with Crippen molar-refractivity contribution in [2.75, 3.05) is 13.2 Å². The number of fused-ring (bicyclic) bond motifs is 2. The molecule has 2 heterocycles. The monoisotopic (exact) mass is 240 g/mol. The molecule has 0 radical (unpaired) electrons. The Bertz CT molecular complexity index is 336. The van der Waals surface area contributed by atoms with Gasteiger partial charge in [0, 0.05) is 0 Å². The van der Waals surface area contributed by atoms with E-state index in [1.807, 2.05) is 19.1 Å². The highest BCUT2D eigenvalue weighted by Crippen LogP contribution is 2.34. The summed E-state index contributed by atoms with van der Waals surface area (Å²) in [5, 5.41) is 0. The summed E-state index contributed by atoms with van der Waals surface area (Å²) in [5.74, 6) is -1.15. The average Bonchev–Trinajstić information content (AvgIpc) is 2.95. The van der Waals surface area contributed by atoms with Crippen molar-refractivity contribution in [3.63, 3.8) is 0 Å². The maximum atomic E-state index is 11.7. The topological polar surface area (TPSA) is 61.8 Å². The standard InChI is InChI=1S/C12H16O5/c1-2-5-15-11(13)7-16-12(14)9-6-8-3-4-10(9)17-8/h3-4,8-10H,2,5-7H2,1H3. The van der Waals surface area contributed by atoms with Gasteiger partial charge in [-0.3, -0.25) is 4.79 Å². The number of ether oxygens (including phenoxy) is 3. The minimum atomic E-state index is -0.500. The summed E-state index contributed by atoms with van der Waals surface area (Å²) in [6.45, 7) is 1.95. The van der Waals surface area contributed by atoms with E-state index in [0.717, 1.165) is 6.42 Å². The fraction of sp³-hybridized carbons (Fsp3) is 0.667. The summed E-state index contributed by atoms with van der Waals surface area (Å²) in [4.78, 5) is 22.8. The maximum Gasteiger partial charge on any atom is 0.344 e. The van der Waals surface area contributed by atoms with Crippen LogP contribution in [0.3, 0.4) is 0 Å². The smallest absolute Gasteiger partial charge is 0.344 e. The largest absolute Gasteiger partial charge is 0.463 e. The zero-order chi connectivity index (χ0) is 12.3. The zero-order valence-electron chi connectivity index (χ0n) is 9.76. The molecule has 0 aliphatic carbocycles. The molecule has 0 aromatic carbocycles. The van der Waals surface area contributed by atoms with E-state index in [4.69, 9.17) is 14.2 Å². The number of carbonyl (C=O) groups excluding carboxylic acids is 2. The summed E-state index contributed by atoms with van der Waals surface area (Å²) >= 11 is 0. The van der Waals surface area contributed by atoms with Gasteiger partial charge in [0.1, 0.15) is 0 Å². The van der Waals surface area contributed by atoms with Crippen molar-refractivity contribution >= 4 is 11.9 Å². The van der Waals surface area contributed by atoms with Gasteiger partial charge in [-0.15, -0.1) is 0 Å². The Labute approximate surface area is 99.7 Å². The van der Waals surface area contributed by atoms with Gasteiger partial charge in [0.15, 0.2) is 6.61 Å². The highest BCUT2D eigenvalue weighted by Gasteiger charge is 2.42. The SMILES string of the molecule is CCCOC(=O)COC(=O)C1CC2C=CC1O2. The molecule has 3 unspecified atom stereocenters. The normalized spacial score (nSPS) is 29.4. The van der Waals surface area contributed by atoms with Crippen LogP contribution in [0.4, 0.5) is 0 Å². The fourth-order valence-electron chi connectivity index (χ4n) is 2.00. The molecule has 2 aliphatic rings. The van der Waals surface area contributed by atoms with Gasteiger partial charge >= 0.3 is 11.9 Å². The summed E-state index contributed by atoms with van der Waals surface area (Å²) in [6.07, 6.45) is 5.07. The lowest BCUT2D eigenvalue weighted by Crippen LogP contribution is -2.27. The average molecular weight is 240 g/mol. The number of carbonyl (C=O) groups is 2. The van der Waals surface area contributed by atoms with Gasteiger partial charge in [0.25, 0.3) is 0 Å². The Hall–Kier alpha value is -1.36. The lowest BCUT2D eigenvalue weighted by atomic mass is 9.95. The third kappa shape index (κ3) is 2.85. The van der Waals surface area contributed by atoms with Crippen LogP contribution >= 0.6 is 0 Å². The van der Waals surface area contributed by atoms with Gasteiger partial charge in [-0.2, -0.15) is 0 Å². The molecule has 2 bridgehead atoms. The van der Waals surface area contributed by atoms with E-state index in [-0.39, 0.29) is 30.7 Å². The van der Waals surface area contributed by atoms with Crippen LogP contribution in [0.15, 0.2) is 12.2 Å². The molecule has 17 heavy (non-hydrogen) atoms. The van der Waals surface area contributed by atoms with Crippen LogP contribution in [0.25, 0.3) is 0 Å². The van der Waals surface area contributed by atoms with Crippen LogP contribution in [0.2, 0.25) is 0 Å². The van der Waals surface area contributed by atoms with Gasteiger partial charge < -0.3 is 14.2 Å². The van der Waals surface area contributed by atoms with Gasteiger partial charge in [-0.25, -0.2) is 4.79 Å². The highest BCUT2D eigenvalue weighted by atomic mass is 16.6. The second-order valence-electron chi connectivity index (χ2n) is 4.19. The third-order valence-electron chi connectivity index (χ3n) is 2.83. The van der Waals surface area contributed by atoms with Crippen LogP contribution in [-0.2, 0) is 23.8 Å². The van der Waals surface area contributed by atoms with E-state index in [1.165, 1.54) is 0 Å². The first-order chi connectivity index (χ1) is 8.20. The molecule has 2 aliphatic heterocycles. The molecular weight excluding hydrogens is 224 g/mol. The molecule has 5 heteroatoms. The predicted octanol–water partition coefficient (Wildman–Crippen LogP) is 0.826. The molecule has 2 rings (SSSR count). The first-order valence-corrected chi connectivity index (χ1v) is 5.86. The van der Waals surface area contributed by atoms with Gasteiger partial charge in [-0.05, 0) is 12.8 Å². The highest BCUT2D eigenvalue weighted by molar-refractivity contribution is 5.78. The van der Waals surface area contributed by atoms with Gasteiger partial charge in [-0.1, -0.05) is 19.1 Å². The second kappa shape index (κ2) is 5.31. The van der Waals surface area contributed by atoms with Gasteiger partial charge in [0.2, 0.25) is 0 Å². The van der Waals surface area contributed by atoms with E-state index < -0.39 is 5.97 Å². The first-order valence-electron chi connectivity index (χ1n) is 5.86. The van der Waals surface area contributed by atoms with E-state index >= 15 is 0 Å². The fourth-order valence-corrected chi connectivity index (χ4v) is 2.00. The molecule has 0 amide bonds. The summed E-state index contributed by atoms with van der Waals surface area (Å²) < 4.78 is 15.2. The lowest BCUT2D eigenvalue weighted by Gasteiger charge is -2.13. The number of esters is 2. The van der Waals surface area contributed by atoms with Crippen LogP contribution in [0.5, 0.6) is 0 Å². The number of hydrogen-bond acceptors (Lipinski definition) is 5. The number of rotatable bonds is 5. The maximum absolute atomic E-state index is 11.7. The zero-order valence-corrected chi connectivity index (χ0v) is 9.76. The van der Waals surface area contributed by atoms with Crippen molar-refractivity contribution in [1.82, 2.24) is 0 Å². The van der Waals surface area contributed by atoms with Crippen molar-refractivity contribution in [2.45, 2.75) is 32.0 Å². The van der Waals surface area contributed by atoms with E-state index in [9.17, 15) is 9.59 Å². The molecule has 0 spiro atoms. The summed E-state index contributed by atoms with van der Waals surface area (Å²) in [7, 11) is 0. The predicted molar refractivity (Wildman–Crippen MR) is 58.1 cm³/mol. The van der Waals surface area contributed by atoms with Crippen LogP contribution in [-0.4, -0.2) is 37.4 Å². The van der Waals surface area contributed by atoms with Crippen molar-refractivity contribution in [3.8, 4) is 0 Å². The van der Waals surface area contributed by atoms with Crippen molar-refractivity contribution < 1.29 is 23.8 Å². The molecule has 1 saturated heterocycles. The van der Waals surface area contributed by atoms with Crippen LogP contribution in [0.1, 0.15) is 19.8 Å². The molecule has 0 aromatic rings. The van der Waals surface area contributed by atoms with E-state index in [1.54, 1.807) is 0 Å². The van der Waals surface area contributed by atoms with Crippen molar-refractivity contribution in [2.24, 2.45) is 5.92 Å². The Balaban J connectivity index is 1.71. The lowest BCUT2D eigenvalue weighted by molar-refractivity contribution is -0.161. The molecular formula is C12H16O5. The summed E-state index contributed by atoms with van der Waals surface area (Å²) in [6, 6.07) is 0. The number of hydrogen-bond donors (Lipinski definition) is 0. The Kier molecular flexibility index (Phi) is 3.78. The molecule has 0 saturated carbocycles. The molecule has 94 valence electrons. The minimum absolute atomic E-state index is 0.0320. The molecule has 5 nitrogen and oxygen atoms in total. The second-order valence-corrected chi connectivity index (χ2v) is 4.19. The van der Waals surface area contributed by atoms with Crippen molar-refractivity contribution in [3.05, 3.63) is 12.2 Å². The third-order valence-corrected chi connectivity index (χ3v) is 2.83. The Morgan fingerprint density at radius 3 is 2.76 bits per heavy atom. The quantitative estimate of drug-likeness (QED) is 0.526. The van der Waals surface area contributed by atoms with Crippen LogP contribution in [0, 0.1) is 5.92 Å². The van der Waals surface area contributed by atoms with E-state index in [2.05, 4.69) is 0 Å². The first kappa shape index (κ1) is 12.1. The van der Waals surface area contributed by atoms with Crippen molar-refractivity contribution in [1.29, 1.82) is 0 Å². The Morgan fingerprint density at radius 1 is 1.35 bits per heavy atom. The van der Waals surface area contributed by atoms with Crippen LogP contribution < -0.4 is 0 Å². The molecule has 1 fully saturated rings. The molecule has 0 aromatic heterocycles.